The maximum Gasteiger partial charge on any atom is 0.220 e. The van der Waals surface area contributed by atoms with E-state index in [0.29, 0.717) is 13.0 Å². The molecule has 1 aliphatic carbocycles. The highest BCUT2D eigenvalue weighted by Crippen LogP contribution is 2.19. The zero-order valence-electron chi connectivity index (χ0n) is 15.2. The van der Waals surface area contributed by atoms with Crippen molar-refractivity contribution in [2.75, 3.05) is 18.4 Å². The van der Waals surface area contributed by atoms with Crippen molar-refractivity contribution in [1.29, 1.82) is 0 Å². The average Bonchev–Trinajstić information content (AvgIpc) is 2.89. The van der Waals surface area contributed by atoms with Crippen LogP contribution in [0.2, 0.25) is 0 Å². The summed E-state index contributed by atoms with van der Waals surface area (Å²) in [6.07, 6.45) is 9.55. The average molecular weight is 349 g/mol. The largest absolute Gasteiger partial charge is 0.370 e. The van der Waals surface area contributed by atoms with Crippen LogP contribution >= 0.6 is 0 Å². The molecule has 26 heavy (non-hydrogen) atoms. The standard InChI is InChI=1S/C22H27N3O/c26-22(10-4-6-16-24-21-9-3-5-15-23-21)25-17-18-11-13-19-7-1-2-8-20(19)14-12-18/h1-3,5,7-9,11,15H,4,6,10,12-14,16-17H2,(H,23,24)(H,25,26). The van der Waals surface area contributed by atoms with Crippen molar-refractivity contribution in [3.05, 3.63) is 71.4 Å². The van der Waals surface area contributed by atoms with E-state index in [-0.39, 0.29) is 5.91 Å². The number of carbonyl (C=O) groups excluding carboxylic acids is 1. The van der Waals surface area contributed by atoms with Gasteiger partial charge in [-0.05, 0) is 55.4 Å². The molecule has 0 saturated carbocycles. The molecule has 0 saturated heterocycles. The first kappa shape index (κ1) is 18.2. The summed E-state index contributed by atoms with van der Waals surface area (Å²) in [6.45, 7) is 1.52. The van der Waals surface area contributed by atoms with Gasteiger partial charge in [0.2, 0.25) is 5.91 Å². The van der Waals surface area contributed by atoms with Crippen LogP contribution in [0.15, 0.2) is 60.3 Å². The molecule has 0 fully saturated rings. The van der Waals surface area contributed by atoms with Gasteiger partial charge in [-0.2, -0.15) is 0 Å². The van der Waals surface area contributed by atoms with E-state index in [2.05, 4.69) is 46.0 Å². The van der Waals surface area contributed by atoms with Crippen LogP contribution in [-0.2, 0) is 17.6 Å². The summed E-state index contributed by atoms with van der Waals surface area (Å²) < 4.78 is 0. The Hall–Kier alpha value is -2.62. The zero-order valence-corrected chi connectivity index (χ0v) is 15.2. The molecule has 0 spiro atoms. The van der Waals surface area contributed by atoms with Crippen molar-refractivity contribution < 1.29 is 4.79 Å². The maximum atomic E-state index is 12.1. The van der Waals surface area contributed by atoms with Crippen LogP contribution in [0.1, 0.15) is 36.8 Å². The number of aromatic nitrogens is 1. The number of benzene rings is 1. The van der Waals surface area contributed by atoms with E-state index in [1.807, 2.05) is 18.2 Å². The van der Waals surface area contributed by atoms with Crippen LogP contribution in [0, 0.1) is 0 Å². The quantitative estimate of drug-likeness (QED) is 0.561. The van der Waals surface area contributed by atoms with Gasteiger partial charge in [-0.15, -0.1) is 0 Å². The fourth-order valence-corrected chi connectivity index (χ4v) is 3.21. The number of rotatable bonds is 8. The molecule has 1 aliphatic rings. The molecule has 136 valence electrons. The van der Waals surface area contributed by atoms with Gasteiger partial charge in [0.05, 0.1) is 0 Å². The summed E-state index contributed by atoms with van der Waals surface area (Å²) in [5, 5.41) is 6.34. The molecule has 0 radical (unpaired) electrons. The highest BCUT2D eigenvalue weighted by Gasteiger charge is 2.09. The van der Waals surface area contributed by atoms with Crippen LogP contribution in [0.3, 0.4) is 0 Å². The number of hydrogen-bond donors (Lipinski definition) is 2. The van der Waals surface area contributed by atoms with Crippen molar-refractivity contribution in [2.24, 2.45) is 0 Å². The molecule has 4 heteroatoms. The number of carbonyl (C=O) groups is 1. The van der Waals surface area contributed by atoms with E-state index < -0.39 is 0 Å². The third-order valence-corrected chi connectivity index (χ3v) is 4.76. The number of fused-ring (bicyclic) bond motifs is 1. The predicted octanol–water partition coefficient (Wildman–Crippen LogP) is 3.90. The molecule has 2 N–H and O–H groups in total. The summed E-state index contributed by atoms with van der Waals surface area (Å²) in [6, 6.07) is 14.4. The van der Waals surface area contributed by atoms with E-state index in [4.69, 9.17) is 0 Å². The Morgan fingerprint density at radius 2 is 1.85 bits per heavy atom. The second-order valence-electron chi connectivity index (χ2n) is 6.71. The van der Waals surface area contributed by atoms with Gasteiger partial charge < -0.3 is 10.6 Å². The highest BCUT2D eigenvalue weighted by atomic mass is 16.1. The van der Waals surface area contributed by atoms with Crippen LogP contribution in [0.4, 0.5) is 5.82 Å². The van der Waals surface area contributed by atoms with Crippen LogP contribution in [-0.4, -0.2) is 24.0 Å². The van der Waals surface area contributed by atoms with E-state index in [9.17, 15) is 4.79 Å². The molecule has 1 aromatic heterocycles. The predicted molar refractivity (Wildman–Crippen MR) is 106 cm³/mol. The Morgan fingerprint density at radius 3 is 2.69 bits per heavy atom. The Labute approximate surface area is 155 Å². The summed E-state index contributed by atoms with van der Waals surface area (Å²) in [5.41, 5.74) is 4.19. The number of pyridine rings is 1. The maximum absolute atomic E-state index is 12.1. The molecular formula is C22H27N3O. The Balaban J connectivity index is 1.30. The zero-order chi connectivity index (χ0) is 18.0. The minimum atomic E-state index is 0.144. The lowest BCUT2D eigenvalue weighted by molar-refractivity contribution is -0.121. The van der Waals surface area contributed by atoms with E-state index in [1.165, 1.54) is 16.7 Å². The molecule has 0 atom stereocenters. The first-order chi connectivity index (χ1) is 12.8. The van der Waals surface area contributed by atoms with Gasteiger partial charge >= 0.3 is 0 Å². The van der Waals surface area contributed by atoms with Crippen LogP contribution in [0.25, 0.3) is 0 Å². The smallest absolute Gasteiger partial charge is 0.220 e. The van der Waals surface area contributed by atoms with E-state index in [1.54, 1.807) is 6.20 Å². The van der Waals surface area contributed by atoms with Gasteiger partial charge in [0.1, 0.15) is 5.82 Å². The fourth-order valence-electron chi connectivity index (χ4n) is 3.21. The minimum absolute atomic E-state index is 0.144. The molecule has 3 rings (SSSR count). The third kappa shape index (κ3) is 5.73. The molecule has 0 aliphatic heterocycles. The van der Waals surface area contributed by atoms with E-state index in [0.717, 1.165) is 44.5 Å². The third-order valence-electron chi connectivity index (χ3n) is 4.76. The topological polar surface area (TPSA) is 54.0 Å². The van der Waals surface area contributed by atoms with Gasteiger partial charge in [-0.25, -0.2) is 4.98 Å². The van der Waals surface area contributed by atoms with Crippen molar-refractivity contribution in [3.8, 4) is 0 Å². The Kier molecular flexibility index (Phi) is 6.82. The van der Waals surface area contributed by atoms with Crippen molar-refractivity contribution in [2.45, 2.75) is 38.5 Å². The molecule has 1 amide bonds. The first-order valence-corrected chi connectivity index (χ1v) is 9.47. The normalized spacial score (nSPS) is 13.3. The molecule has 1 aromatic carbocycles. The van der Waals surface area contributed by atoms with Gasteiger partial charge in [-0.1, -0.05) is 42.0 Å². The number of aryl methyl sites for hydroxylation is 1. The SMILES string of the molecule is O=C(CCCCNc1ccccn1)NCC1=CCc2ccccc2CC1. The van der Waals surface area contributed by atoms with Crippen LogP contribution < -0.4 is 10.6 Å². The lowest BCUT2D eigenvalue weighted by Crippen LogP contribution is -2.25. The van der Waals surface area contributed by atoms with Crippen molar-refractivity contribution >= 4 is 11.7 Å². The fraction of sp³-hybridized carbons (Fsp3) is 0.364. The molecule has 0 bridgehead atoms. The Morgan fingerprint density at radius 1 is 1.00 bits per heavy atom. The monoisotopic (exact) mass is 349 g/mol. The van der Waals surface area contributed by atoms with Gasteiger partial charge in [-0.3, -0.25) is 4.79 Å². The van der Waals surface area contributed by atoms with Crippen molar-refractivity contribution in [3.63, 3.8) is 0 Å². The lowest BCUT2D eigenvalue weighted by atomic mass is 10.0. The van der Waals surface area contributed by atoms with Gasteiger partial charge in [0.25, 0.3) is 0 Å². The summed E-state index contributed by atoms with van der Waals surface area (Å²) in [5.74, 6) is 1.03. The summed E-state index contributed by atoms with van der Waals surface area (Å²) >= 11 is 0. The van der Waals surface area contributed by atoms with Gasteiger partial charge in [0, 0.05) is 25.7 Å². The first-order valence-electron chi connectivity index (χ1n) is 9.47. The number of anilines is 1. The Bertz CT molecular complexity index is 740. The van der Waals surface area contributed by atoms with Gasteiger partial charge in [0.15, 0.2) is 0 Å². The number of hydrogen-bond acceptors (Lipinski definition) is 3. The second kappa shape index (κ2) is 9.76. The number of nitrogens with zero attached hydrogens (tertiary/aromatic N) is 1. The molecule has 2 aromatic rings. The summed E-state index contributed by atoms with van der Waals surface area (Å²) in [7, 11) is 0. The number of amides is 1. The minimum Gasteiger partial charge on any atom is -0.370 e. The molecule has 0 unspecified atom stereocenters. The van der Waals surface area contributed by atoms with Crippen LogP contribution in [0.5, 0.6) is 0 Å². The number of unbranched alkanes of at least 4 members (excludes halogenated alkanes) is 1. The molecular weight excluding hydrogens is 322 g/mol. The lowest BCUT2D eigenvalue weighted by Gasteiger charge is -2.09. The summed E-state index contributed by atoms with van der Waals surface area (Å²) in [4.78, 5) is 16.3. The highest BCUT2D eigenvalue weighted by molar-refractivity contribution is 5.76. The number of nitrogens with one attached hydrogen (secondary N) is 2. The second-order valence-corrected chi connectivity index (χ2v) is 6.71. The van der Waals surface area contributed by atoms with Crippen molar-refractivity contribution in [1.82, 2.24) is 10.3 Å². The molecule has 4 nitrogen and oxygen atoms in total. The number of allylic oxidation sites excluding steroid dienone is 1. The molecule has 1 heterocycles. The van der Waals surface area contributed by atoms with E-state index >= 15 is 0 Å².